The summed E-state index contributed by atoms with van der Waals surface area (Å²) in [5, 5.41) is 0. The average molecular weight is 324 g/mol. The lowest BCUT2D eigenvalue weighted by Crippen LogP contribution is -2.46. The van der Waals surface area contributed by atoms with E-state index in [4.69, 9.17) is 0 Å². The van der Waals surface area contributed by atoms with Crippen LogP contribution in [0, 0.1) is 0 Å². The van der Waals surface area contributed by atoms with Gasteiger partial charge in [0.25, 0.3) is 0 Å². The lowest BCUT2D eigenvalue weighted by atomic mass is 9.52. The molecule has 4 rings (SSSR count). The van der Waals surface area contributed by atoms with E-state index in [1.54, 1.807) is 0 Å². The molecule has 122 valence electrons. The molecule has 1 heterocycles. The van der Waals surface area contributed by atoms with Crippen LogP contribution in [0.25, 0.3) is 6.08 Å². The fourth-order valence-corrected chi connectivity index (χ4v) is 3.40. The molecule has 0 fully saturated rings. The molecule has 2 nitrogen and oxygen atoms in total. The first-order valence-corrected chi connectivity index (χ1v) is 8.63. The summed E-state index contributed by atoms with van der Waals surface area (Å²) < 4.78 is 0. The third kappa shape index (κ3) is 2.94. The van der Waals surface area contributed by atoms with E-state index in [0.717, 1.165) is 0 Å². The van der Waals surface area contributed by atoms with Crippen molar-refractivity contribution in [1.29, 1.82) is 0 Å². The predicted octanol–water partition coefficient (Wildman–Crippen LogP) is 4.36. The summed E-state index contributed by atoms with van der Waals surface area (Å²) in [6.45, 7) is 0.188. The molecule has 3 aromatic rings. The number of para-hydroxylation sites is 2. The predicted molar refractivity (Wildman–Crippen MR) is 110 cm³/mol. The zero-order valence-corrected chi connectivity index (χ0v) is 14.6. The molecule has 0 radical (unpaired) electrons. The Bertz CT molecular complexity index is 885. The van der Waals surface area contributed by atoms with Crippen LogP contribution in [0.5, 0.6) is 0 Å². The van der Waals surface area contributed by atoms with Gasteiger partial charge in [0.1, 0.15) is 0 Å². The summed E-state index contributed by atoms with van der Waals surface area (Å²) in [4.78, 5) is 4.55. The second-order valence-corrected chi connectivity index (χ2v) is 6.55. The van der Waals surface area contributed by atoms with E-state index in [1.165, 1.54) is 28.1 Å². The van der Waals surface area contributed by atoms with Gasteiger partial charge in [0, 0.05) is 31.2 Å². The van der Waals surface area contributed by atoms with Gasteiger partial charge in [0.2, 0.25) is 0 Å². The summed E-state index contributed by atoms with van der Waals surface area (Å²) in [6, 6.07) is 28.0. The van der Waals surface area contributed by atoms with Gasteiger partial charge < -0.3 is 9.71 Å². The zero-order valence-electron chi connectivity index (χ0n) is 14.6. The van der Waals surface area contributed by atoms with Gasteiger partial charge in [-0.05, 0) is 35.9 Å². The van der Waals surface area contributed by atoms with Crippen LogP contribution in [0.2, 0.25) is 0 Å². The third-order valence-corrected chi connectivity index (χ3v) is 4.72. The van der Waals surface area contributed by atoms with E-state index >= 15 is 0 Å². The summed E-state index contributed by atoms with van der Waals surface area (Å²) in [7, 11) is 4.14. The Morgan fingerprint density at radius 1 is 0.760 bits per heavy atom. The number of fused-ring (bicyclic) bond motifs is 1. The summed E-state index contributed by atoms with van der Waals surface area (Å²) in [5.74, 6) is 2.29. The summed E-state index contributed by atoms with van der Waals surface area (Å²) in [6.07, 6.45) is 2.24. The lowest BCUT2D eigenvalue weighted by Gasteiger charge is -2.34. The molecule has 1 aliphatic rings. The van der Waals surface area contributed by atoms with E-state index in [9.17, 15) is 0 Å². The maximum atomic E-state index is 2.42. The van der Waals surface area contributed by atoms with Gasteiger partial charge in [-0.15, -0.1) is 0 Å². The van der Waals surface area contributed by atoms with E-state index in [1.807, 2.05) is 0 Å². The fraction of sp³-hybridized carbons (Fsp3) is 0.0909. The number of anilines is 3. The molecule has 0 N–H and O–H groups in total. The van der Waals surface area contributed by atoms with Gasteiger partial charge in [-0.3, -0.25) is 0 Å². The molecule has 3 heteroatoms. The SMILES string of the molecule is CN(C)c1ccc(B2C=Cc3ccccc3N2c2ccccc2)cc1. The average Bonchev–Trinajstić information content (AvgIpc) is 2.68. The van der Waals surface area contributed by atoms with Crippen LogP contribution in [-0.4, -0.2) is 20.9 Å². The van der Waals surface area contributed by atoms with Crippen molar-refractivity contribution >= 4 is 35.4 Å². The Morgan fingerprint density at radius 3 is 2.16 bits per heavy atom. The highest BCUT2D eigenvalue weighted by Gasteiger charge is 2.29. The van der Waals surface area contributed by atoms with Crippen molar-refractivity contribution in [3.05, 3.63) is 90.4 Å². The normalized spacial score (nSPS) is 12.9. The van der Waals surface area contributed by atoms with E-state index < -0.39 is 0 Å². The van der Waals surface area contributed by atoms with Gasteiger partial charge in [0.15, 0.2) is 0 Å². The summed E-state index contributed by atoms with van der Waals surface area (Å²) >= 11 is 0. The van der Waals surface area contributed by atoms with E-state index in [0.29, 0.717) is 0 Å². The van der Waals surface area contributed by atoms with Crippen molar-refractivity contribution in [2.75, 3.05) is 23.8 Å². The van der Waals surface area contributed by atoms with Gasteiger partial charge >= 0.3 is 6.85 Å². The van der Waals surface area contributed by atoms with Crippen molar-refractivity contribution in [3.8, 4) is 0 Å². The second-order valence-electron chi connectivity index (χ2n) is 6.55. The van der Waals surface area contributed by atoms with Crippen LogP contribution in [0.15, 0.2) is 84.8 Å². The van der Waals surface area contributed by atoms with Crippen LogP contribution in [0.1, 0.15) is 5.56 Å². The quantitative estimate of drug-likeness (QED) is 0.661. The molecular weight excluding hydrogens is 303 g/mol. The van der Waals surface area contributed by atoms with Crippen molar-refractivity contribution in [2.24, 2.45) is 0 Å². The molecule has 0 spiro atoms. The van der Waals surface area contributed by atoms with E-state index in [-0.39, 0.29) is 6.85 Å². The molecule has 3 aromatic carbocycles. The highest BCUT2D eigenvalue weighted by Crippen LogP contribution is 2.33. The lowest BCUT2D eigenvalue weighted by molar-refractivity contribution is 1.13. The molecule has 25 heavy (non-hydrogen) atoms. The van der Waals surface area contributed by atoms with Crippen molar-refractivity contribution in [1.82, 2.24) is 0 Å². The number of benzene rings is 3. The number of hydrogen-bond acceptors (Lipinski definition) is 2. The molecular formula is C22H21BN2. The van der Waals surface area contributed by atoms with Crippen LogP contribution < -0.4 is 15.2 Å². The molecule has 0 atom stereocenters. The Balaban J connectivity index is 1.81. The van der Waals surface area contributed by atoms with Gasteiger partial charge in [-0.2, -0.15) is 0 Å². The molecule has 0 aliphatic carbocycles. The molecule has 0 amide bonds. The van der Waals surface area contributed by atoms with Gasteiger partial charge in [-0.25, -0.2) is 0 Å². The zero-order chi connectivity index (χ0) is 17.2. The van der Waals surface area contributed by atoms with Crippen molar-refractivity contribution in [3.63, 3.8) is 0 Å². The van der Waals surface area contributed by atoms with Crippen LogP contribution in [-0.2, 0) is 0 Å². The standard InChI is InChI=1S/C22H21BN2/c1-24(2)20-14-12-19(13-15-20)23-17-16-18-8-6-7-11-22(18)25(23)21-9-4-3-5-10-21/h3-17H,1-2H3. The minimum absolute atomic E-state index is 0.188. The van der Waals surface area contributed by atoms with E-state index in [2.05, 4.69) is 115 Å². The Morgan fingerprint density at radius 2 is 1.44 bits per heavy atom. The fourth-order valence-electron chi connectivity index (χ4n) is 3.40. The first kappa shape index (κ1) is 15.6. The summed E-state index contributed by atoms with van der Waals surface area (Å²) in [5.41, 5.74) is 6.22. The Kier molecular flexibility index (Phi) is 4.06. The molecule has 0 unspecified atom stereocenters. The number of rotatable bonds is 3. The smallest absolute Gasteiger partial charge is 0.320 e. The first-order valence-electron chi connectivity index (χ1n) is 8.63. The Labute approximate surface area is 150 Å². The minimum Gasteiger partial charge on any atom is -0.378 e. The Hall–Kier alpha value is -2.94. The van der Waals surface area contributed by atoms with Gasteiger partial charge in [0.05, 0.1) is 0 Å². The first-order chi connectivity index (χ1) is 12.2. The van der Waals surface area contributed by atoms with Crippen LogP contribution in [0.4, 0.5) is 17.1 Å². The van der Waals surface area contributed by atoms with Gasteiger partial charge in [-0.1, -0.05) is 66.0 Å². The molecule has 0 bridgehead atoms. The highest BCUT2D eigenvalue weighted by molar-refractivity contribution is 6.83. The largest absolute Gasteiger partial charge is 0.378 e. The monoisotopic (exact) mass is 324 g/mol. The second kappa shape index (κ2) is 6.52. The number of nitrogens with zero attached hydrogens (tertiary/aromatic N) is 2. The van der Waals surface area contributed by atoms with Crippen LogP contribution in [0.3, 0.4) is 0 Å². The van der Waals surface area contributed by atoms with Crippen molar-refractivity contribution in [2.45, 2.75) is 0 Å². The molecule has 0 saturated carbocycles. The maximum Gasteiger partial charge on any atom is 0.320 e. The maximum absolute atomic E-state index is 2.42. The number of hydrogen-bond donors (Lipinski definition) is 0. The molecule has 1 aliphatic heterocycles. The highest BCUT2D eigenvalue weighted by atomic mass is 15.1. The molecule has 0 saturated heterocycles. The van der Waals surface area contributed by atoms with Crippen molar-refractivity contribution < 1.29 is 0 Å². The third-order valence-electron chi connectivity index (χ3n) is 4.72. The topological polar surface area (TPSA) is 6.48 Å². The minimum atomic E-state index is 0.188. The molecule has 0 aromatic heterocycles. The van der Waals surface area contributed by atoms with Crippen LogP contribution >= 0.6 is 0 Å².